The molecule has 0 aliphatic carbocycles. The van der Waals surface area contributed by atoms with Crippen molar-refractivity contribution in [3.63, 3.8) is 0 Å². The molecule has 1 rings (SSSR count). The number of unbranched alkanes of at least 4 members (excludes halogenated alkanes) is 2. The van der Waals surface area contributed by atoms with E-state index in [-0.39, 0.29) is 11.7 Å². The average molecular weight is 242 g/mol. The lowest BCUT2D eigenvalue weighted by molar-refractivity contribution is 0.305. The van der Waals surface area contributed by atoms with Crippen molar-refractivity contribution in [1.29, 1.82) is 5.26 Å². The highest BCUT2D eigenvalue weighted by Crippen LogP contribution is 2.21. The molecule has 0 saturated heterocycles. The molecule has 0 bridgehead atoms. The van der Waals surface area contributed by atoms with E-state index in [2.05, 4.69) is 6.07 Å². The lowest BCUT2D eigenvalue weighted by Gasteiger charge is -2.09. The zero-order valence-corrected chi connectivity index (χ0v) is 9.63. The van der Waals surface area contributed by atoms with Crippen LogP contribution in [0.1, 0.15) is 24.8 Å². The first-order valence-corrected chi connectivity index (χ1v) is 5.65. The predicted octanol–water partition coefficient (Wildman–Crippen LogP) is 3.64. The van der Waals surface area contributed by atoms with Gasteiger partial charge in [0.1, 0.15) is 11.6 Å². The summed E-state index contributed by atoms with van der Waals surface area (Å²) in [5.74, 6) is 0.534. The van der Waals surface area contributed by atoms with Crippen molar-refractivity contribution < 1.29 is 9.13 Å². The molecule has 0 heterocycles. The second-order valence-corrected chi connectivity index (χ2v) is 3.62. The Kier molecular flexibility index (Phi) is 5.66. The van der Waals surface area contributed by atoms with Crippen LogP contribution in [-0.4, -0.2) is 6.61 Å². The number of ether oxygens (including phenoxy) is 1. The van der Waals surface area contributed by atoms with Gasteiger partial charge in [-0.25, -0.2) is 4.39 Å². The van der Waals surface area contributed by atoms with Crippen LogP contribution in [0.3, 0.4) is 0 Å². The summed E-state index contributed by atoms with van der Waals surface area (Å²) in [7, 11) is 0. The van der Waals surface area contributed by atoms with E-state index in [0.717, 1.165) is 12.8 Å². The summed E-state index contributed by atoms with van der Waals surface area (Å²) >= 11 is 5.68. The summed E-state index contributed by atoms with van der Waals surface area (Å²) in [6.45, 7) is 0.525. The number of halogens is 2. The maximum atomic E-state index is 12.9. The Labute approximate surface area is 99.6 Å². The van der Waals surface area contributed by atoms with Gasteiger partial charge in [-0.15, -0.1) is 11.6 Å². The van der Waals surface area contributed by atoms with Crippen molar-refractivity contribution >= 4 is 11.6 Å². The first-order chi connectivity index (χ1) is 7.77. The van der Waals surface area contributed by atoms with Crippen LogP contribution in [0.5, 0.6) is 5.75 Å². The standard InChI is InChI=1S/C12H13ClFNO/c13-9-10-8-11(14)4-5-12(10)16-7-3-1-2-6-15/h4-5,8H,1-3,7,9H2. The van der Waals surface area contributed by atoms with Gasteiger partial charge in [0.15, 0.2) is 0 Å². The minimum Gasteiger partial charge on any atom is -0.493 e. The molecule has 0 amide bonds. The molecule has 16 heavy (non-hydrogen) atoms. The van der Waals surface area contributed by atoms with Gasteiger partial charge in [-0.3, -0.25) is 0 Å². The Morgan fingerprint density at radius 1 is 1.38 bits per heavy atom. The van der Waals surface area contributed by atoms with Gasteiger partial charge in [0.05, 0.1) is 18.6 Å². The molecule has 1 aromatic rings. The third-order valence-corrected chi connectivity index (χ3v) is 2.39. The van der Waals surface area contributed by atoms with Crippen LogP contribution >= 0.6 is 11.6 Å². The number of rotatable bonds is 6. The van der Waals surface area contributed by atoms with Gasteiger partial charge in [-0.05, 0) is 31.0 Å². The number of hydrogen-bond acceptors (Lipinski definition) is 2. The molecule has 0 fully saturated rings. The molecule has 1 aromatic carbocycles. The van der Waals surface area contributed by atoms with Crippen LogP contribution in [0, 0.1) is 17.1 Å². The number of hydrogen-bond donors (Lipinski definition) is 0. The average Bonchev–Trinajstić information content (AvgIpc) is 2.30. The maximum Gasteiger partial charge on any atom is 0.123 e. The Morgan fingerprint density at radius 3 is 2.88 bits per heavy atom. The molecular formula is C12H13ClFNO. The van der Waals surface area contributed by atoms with E-state index in [4.69, 9.17) is 21.6 Å². The van der Waals surface area contributed by atoms with Crippen molar-refractivity contribution in [1.82, 2.24) is 0 Å². The van der Waals surface area contributed by atoms with E-state index in [1.54, 1.807) is 6.07 Å². The highest BCUT2D eigenvalue weighted by molar-refractivity contribution is 6.17. The Hall–Kier alpha value is -1.27. The van der Waals surface area contributed by atoms with Gasteiger partial charge in [0.25, 0.3) is 0 Å². The molecule has 2 nitrogen and oxygen atoms in total. The molecule has 4 heteroatoms. The molecule has 86 valence electrons. The molecule has 0 atom stereocenters. The smallest absolute Gasteiger partial charge is 0.123 e. The summed E-state index contributed by atoms with van der Waals surface area (Å²) in [5.41, 5.74) is 0.655. The van der Waals surface area contributed by atoms with Gasteiger partial charge in [0.2, 0.25) is 0 Å². The van der Waals surface area contributed by atoms with E-state index in [0.29, 0.717) is 24.3 Å². The minimum atomic E-state index is -0.313. The number of nitrogens with zero attached hydrogens (tertiary/aromatic N) is 1. The van der Waals surface area contributed by atoms with Gasteiger partial charge < -0.3 is 4.74 Å². The largest absolute Gasteiger partial charge is 0.493 e. The summed E-state index contributed by atoms with van der Waals surface area (Å²) < 4.78 is 18.3. The monoisotopic (exact) mass is 241 g/mol. The van der Waals surface area contributed by atoms with E-state index in [1.807, 2.05) is 0 Å². The fourth-order valence-electron chi connectivity index (χ4n) is 1.28. The van der Waals surface area contributed by atoms with Crippen molar-refractivity contribution in [3.05, 3.63) is 29.6 Å². The van der Waals surface area contributed by atoms with Crippen molar-refractivity contribution in [2.45, 2.75) is 25.1 Å². The highest BCUT2D eigenvalue weighted by atomic mass is 35.5. The third-order valence-electron chi connectivity index (χ3n) is 2.11. The summed E-state index contributed by atoms with van der Waals surface area (Å²) in [4.78, 5) is 0. The van der Waals surface area contributed by atoms with Crippen LogP contribution in [0.4, 0.5) is 4.39 Å². The lowest BCUT2D eigenvalue weighted by Crippen LogP contribution is -1.99. The zero-order valence-electron chi connectivity index (χ0n) is 8.88. The van der Waals surface area contributed by atoms with E-state index in [9.17, 15) is 4.39 Å². The summed E-state index contributed by atoms with van der Waals surface area (Å²) in [5, 5.41) is 8.35. The van der Waals surface area contributed by atoms with E-state index < -0.39 is 0 Å². The van der Waals surface area contributed by atoms with Crippen LogP contribution < -0.4 is 4.74 Å². The van der Waals surface area contributed by atoms with Crippen molar-refractivity contribution in [2.75, 3.05) is 6.61 Å². The van der Waals surface area contributed by atoms with Gasteiger partial charge in [-0.2, -0.15) is 5.26 Å². The van der Waals surface area contributed by atoms with Gasteiger partial charge in [0, 0.05) is 12.0 Å². The topological polar surface area (TPSA) is 33.0 Å². The second kappa shape index (κ2) is 7.08. The molecule has 0 aliphatic rings. The molecule has 0 radical (unpaired) electrons. The third kappa shape index (κ3) is 4.08. The first kappa shape index (κ1) is 12.8. The van der Waals surface area contributed by atoms with Gasteiger partial charge >= 0.3 is 0 Å². The number of alkyl halides is 1. The van der Waals surface area contributed by atoms with Crippen molar-refractivity contribution in [2.24, 2.45) is 0 Å². The summed E-state index contributed by atoms with van der Waals surface area (Å²) in [6.07, 6.45) is 2.16. The number of benzene rings is 1. The molecule has 0 saturated carbocycles. The zero-order chi connectivity index (χ0) is 11.8. The molecule has 0 aliphatic heterocycles. The first-order valence-electron chi connectivity index (χ1n) is 5.12. The Bertz CT molecular complexity index is 376. The molecular weight excluding hydrogens is 229 g/mol. The summed E-state index contributed by atoms with van der Waals surface area (Å²) in [6, 6.07) is 6.37. The van der Waals surface area contributed by atoms with Crippen molar-refractivity contribution in [3.8, 4) is 11.8 Å². The molecule has 0 unspecified atom stereocenters. The highest BCUT2D eigenvalue weighted by Gasteiger charge is 2.04. The fourth-order valence-corrected chi connectivity index (χ4v) is 1.49. The quantitative estimate of drug-likeness (QED) is 0.563. The predicted molar refractivity (Wildman–Crippen MR) is 60.9 cm³/mol. The molecule has 0 N–H and O–H groups in total. The van der Waals surface area contributed by atoms with E-state index >= 15 is 0 Å². The van der Waals surface area contributed by atoms with Crippen LogP contribution in [-0.2, 0) is 5.88 Å². The minimum absolute atomic E-state index is 0.227. The second-order valence-electron chi connectivity index (χ2n) is 3.35. The van der Waals surface area contributed by atoms with Crippen LogP contribution in [0.2, 0.25) is 0 Å². The van der Waals surface area contributed by atoms with E-state index in [1.165, 1.54) is 12.1 Å². The SMILES string of the molecule is N#CCCCCOc1ccc(F)cc1CCl. The Morgan fingerprint density at radius 2 is 2.19 bits per heavy atom. The van der Waals surface area contributed by atoms with Crippen LogP contribution in [0.15, 0.2) is 18.2 Å². The van der Waals surface area contributed by atoms with Crippen LogP contribution in [0.25, 0.3) is 0 Å². The maximum absolute atomic E-state index is 12.9. The lowest BCUT2D eigenvalue weighted by atomic mass is 10.2. The Balaban J connectivity index is 2.44. The normalized spacial score (nSPS) is 9.81. The fraction of sp³-hybridized carbons (Fsp3) is 0.417. The molecule has 0 spiro atoms. The molecule has 0 aromatic heterocycles. The number of nitriles is 1. The van der Waals surface area contributed by atoms with Gasteiger partial charge in [-0.1, -0.05) is 0 Å².